The quantitative estimate of drug-likeness (QED) is 0.0758. The number of nitrogens with one attached hydrogen (secondary N) is 1. The predicted molar refractivity (Wildman–Crippen MR) is 247 cm³/mol. The van der Waals surface area contributed by atoms with Gasteiger partial charge in [0.15, 0.2) is 11.9 Å². The van der Waals surface area contributed by atoms with E-state index < -0.39 is 113 Å². The molecule has 15 heteroatoms. The standard InChI is InChI=1S/C54H57NO14/c1-31-39(67-50(61)45(68-51(62)65-30-33-18-10-6-11-19-33)43(34-20-12-7-13-21-34)55-48(59)35-22-14-8-15-23-35)29-54(63)47(69-49(60)36-24-16-9-17-25-36)42-37-26-27-64-38(37)28-40(57)53(42,5)46(58)44(66-32(2)56)41(31)52(54,3)4/h6-25,37-40,42-45,47,57,63H,26-30H2,1-5H3,(H,55,59)/t37?,38?,39-,40-,42?,43-,44+,45+,47-,53?,54+/m0/s1. The fourth-order valence-electron chi connectivity index (χ4n) is 11.1. The van der Waals surface area contributed by atoms with Crippen LogP contribution in [0.5, 0.6) is 0 Å². The highest BCUT2D eigenvalue weighted by Crippen LogP contribution is 2.62. The third-order valence-electron chi connectivity index (χ3n) is 14.8. The van der Waals surface area contributed by atoms with Crippen LogP contribution in [0.2, 0.25) is 0 Å². The number of aliphatic hydroxyl groups is 2. The van der Waals surface area contributed by atoms with E-state index in [4.69, 9.17) is 28.4 Å². The fourth-order valence-corrected chi connectivity index (χ4v) is 11.1. The van der Waals surface area contributed by atoms with E-state index in [0.29, 0.717) is 17.5 Å². The number of ketones is 1. The van der Waals surface area contributed by atoms with Gasteiger partial charge in [0.2, 0.25) is 6.10 Å². The molecular formula is C54H57NO14. The van der Waals surface area contributed by atoms with Crippen LogP contribution < -0.4 is 5.32 Å². The average molecular weight is 944 g/mol. The molecule has 3 N–H and O–H groups in total. The Morgan fingerprint density at radius 2 is 1.41 bits per heavy atom. The zero-order chi connectivity index (χ0) is 49.3. The molecule has 0 radical (unpaired) electrons. The number of rotatable bonds is 12. The van der Waals surface area contributed by atoms with Gasteiger partial charge < -0.3 is 44.0 Å². The van der Waals surface area contributed by atoms with Crippen molar-refractivity contribution in [1.29, 1.82) is 0 Å². The minimum atomic E-state index is -2.25. The SMILES string of the molecule is CC(=O)O[C@H]1C(=O)C2(C)C(C3CCOC3C[C@@H]2O)[C@H](OC(=O)c2ccccc2)[C@]2(O)C[C@H](OC(=O)[C@H](OC(=O)OCc3ccccc3)[C@@H](NC(=O)c3ccccc3)c3ccccc3)C(C)=C1C2(C)C. The van der Waals surface area contributed by atoms with Crippen LogP contribution in [0.1, 0.15) is 91.8 Å². The summed E-state index contributed by atoms with van der Waals surface area (Å²) in [7, 11) is 0. The van der Waals surface area contributed by atoms with Gasteiger partial charge in [-0.2, -0.15) is 0 Å². The number of aliphatic hydroxyl groups excluding tert-OH is 1. The minimum Gasteiger partial charge on any atom is -0.455 e. The van der Waals surface area contributed by atoms with E-state index in [2.05, 4.69) is 5.32 Å². The number of esters is 3. The maximum Gasteiger partial charge on any atom is 0.509 e. The van der Waals surface area contributed by atoms with E-state index in [0.717, 1.165) is 6.92 Å². The average Bonchev–Trinajstić information content (AvgIpc) is 3.81. The first-order chi connectivity index (χ1) is 32.9. The van der Waals surface area contributed by atoms with Crippen LogP contribution in [0.4, 0.5) is 4.79 Å². The summed E-state index contributed by atoms with van der Waals surface area (Å²) in [5, 5.41) is 28.8. The van der Waals surface area contributed by atoms with Crippen molar-refractivity contribution >= 4 is 35.8 Å². The van der Waals surface area contributed by atoms with Crippen LogP contribution in [0.3, 0.4) is 0 Å². The predicted octanol–water partition coefficient (Wildman–Crippen LogP) is 6.80. The van der Waals surface area contributed by atoms with Gasteiger partial charge in [0.25, 0.3) is 5.91 Å². The third kappa shape index (κ3) is 9.30. The third-order valence-corrected chi connectivity index (χ3v) is 14.8. The fraction of sp³-hybridized carbons (Fsp3) is 0.407. The number of fused-ring (bicyclic) bond motifs is 5. The van der Waals surface area contributed by atoms with Crippen LogP contribution in [0, 0.1) is 22.7 Å². The number of hydrogen-bond acceptors (Lipinski definition) is 14. The van der Waals surface area contributed by atoms with Gasteiger partial charge in [-0.05, 0) is 72.7 Å². The van der Waals surface area contributed by atoms with Gasteiger partial charge in [0.05, 0.1) is 23.2 Å². The van der Waals surface area contributed by atoms with Gasteiger partial charge in [-0.15, -0.1) is 0 Å². The number of hydrogen-bond donors (Lipinski definition) is 3. The zero-order valence-corrected chi connectivity index (χ0v) is 39.1. The van der Waals surface area contributed by atoms with E-state index in [9.17, 15) is 29.4 Å². The number of amides is 1. The lowest BCUT2D eigenvalue weighted by molar-refractivity contribution is -0.237. The minimum absolute atomic E-state index is 0.0498. The molecule has 1 aliphatic heterocycles. The molecule has 1 amide bonds. The molecule has 0 aromatic heterocycles. The topological polar surface area (TPSA) is 210 Å². The lowest BCUT2D eigenvalue weighted by atomic mass is 9.46. The molecule has 3 fully saturated rings. The molecule has 4 aliphatic rings. The maximum atomic E-state index is 15.6. The largest absolute Gasteiger partial charge is 0.509 e. The van der Waals surface area contributed by atoms with Crippen molar-refractivity contribution in [1.82, 2.24) is 5.32 Å². The van der Waals surface area contributed by atoms with Crippen LogP contribution in [0.15, 0.2) is 132 Å². The second-order valence-electron chi connectivity index (χ2n) is 19.0. The van der Waals surface area contributed by atoms with E-state index in [1.165, 1.54) is 0 Å². The maximum absolute atomic E-state index is 15.6. The summed E-state index contributed by atoms with van der Waals surface area (Å²) >= 11 is 0. The molecule has 362 valence electrons. The van der Waals surface area contributed by atoms with Gasteiger partial charge in [0, 0.05) is 43.3 Å². The van der Waals surface area contributed by atoms with Crippen molar-refractivity contribution in [3.8, 4) is 0 Å². The van der Waals surface area contributed by atoms with Crippen LogP contribution in [-0.2, 0) is 49.4 Å². The molecular weight excluding hydrogens is 887 g/mol. The number of benzene rings is 4. The summed E-state index contributed by atoms with van der Waals surface area (Å²) < 4.78 is 36.3. The van der Waals surface area contributed by atoms with Crippen molar-refractivity contribution in [2.45, 2.75) is 109 Å². The van der Waals surface area contributed by atoms with E-state index in [-0.39, 0.29) is 41.9 Å². The Balaban J connectivity index is 1.26. The van der Waals surface area contributed by atoms with E-state index in [1.807, 2.05) is 0 Å². The highest BCUT2D eigenvalue weighted by atomic mass is 16.7. The molecule has 8 rings (SSSR count). The summed E-state index contributed by atoms with van der Waals surface area (Å²) in [5.74, 6) is -5.83. The van der Waals surface area contributed by atoms with Gasteiger partial charge in [-0.25, -0.2) is 14.4 Å². The number of carbonyl (C=O) groups is 6. The molecule has 11 atom stereocenters. The summed E-state index contributed by atoms with van der Waals surface area (Å²) in [4.78, 5) is 85.8. The molecule has 0 spiro atoms. The molecule has 2 bridgehead atoms. The molecule has 4 unspecified atom stereocenters. The Labute approximate surface area is 400 Å². The molecule has 1 saturated heterocycles. The van der Waals surface area contributed by atoms with Crippen molar-refractivity contribution < 1.29 is 67.4 Å². The Bertz CT molecular complexity index is 2590. The molecule has 4 aromatic carbocycles. The van der Waals surface area contributed by atoms with Crippen molar-refractivity contribution in [3.05, 3.63) is 155 Å². The first kappa shape index (κ1) is 48.8. The monoisotopic (exact) mass is 943 g/mol. The molecule has 69 heavy (non-hydrogen) atoms. The summed E-state index contributed by atoms with van der Waals surface area (Å²) in [6.45, 7) is 7.58. The second kappa shape index (κ2) is 19.7. The Kier molecular flexibility index (Phi) is 13.9. The molecule has 4 aromatic rings. The Hall–Kier alpha value is -6.68. The molecule has 1 heterocycles. The van der Waals surface area contributed by atoms with Gasteiger partial charge >= 0.3 is 24.1 Å². The summed E-state index contributed by atoms with van der Waals surface area (Å²) in [6.07, 6.45) is -10.0. The smallest absolute Gasteiger partial charge is 0.455 e. The van der Waals surface area contributed by atoms with Gasteiger partial charge in [-0.1, -0.05) is 111 Å². The lowest BCUT2D eigenvalue weighted by Gasteiger charge is -2.62. The Morgan fingerprint density at radius 1 is 0.812 bits per heavy atom. The lowest BCUT2D eigenvalue weighted by Crippen LogP contribution is -2.73. The second-order valence-corrected chi connectivity index (χ2v) is 19.0. The van der Waals surface area contributed by atoms with Crippen molar-refractivity contribution in [2.75, 3.05) is 6.61 Å². The van der Waals surface area contributed by atoms with Crippen LogP contribution in [0.25, 0.3) is 0 Å². The zero-order valence-electron chi connectivity index (χ0n) is 39.1. The molecule has 2 saturated carbocycles. The van der Waals surface area contributed by atoms with E-state index >= 15 is 9.59 Å². The highest BCUT2D eigenvalue weighted by molar-refractivity contribution is 5.96. The normalized spacial score (nSPS) is 28.8. The molecule has 3 aliphatic carbocycles. The summed E-state index contributed by atoms with van der Waals surface area (Å²) in [5.41, 5.74) is -3.99. The van der Waals surface area contributed by atoms with Crippen LogP contribution in [-0.4, -0.2) is 94.8 Å². The number of carbonyl (C=O) groups excluding carboxylic acids is 6. The molecule has 15 nitrogen and oxygen atoms in total. The van der Waals surface area contributed by atoms with Gasteiger partial charge in [0.1, 0.15) is 30.5 Å². The Morgan fingerprint density at radius 3 is 2.03 bits per heavy atom. The first-order valence-electron chi connectivity index (χ1n) is 23.1. The number of ether oxygens (including phenoxy) is 6. The highest BCUT2D eigenvalue weighted by Gasteiger charge is 2.72. The van der Waals surface area contributed by atoms with Crippen LogP contribution >= 0.6 is 0 Å². The summed E-state index contributed by atoms with van der Waals surface area (Å²) in [6, 6.07) is 32.0. The van der Waals surface area contributed by atoms with E-state index in [1.54, 1.807) is 149 Å². The first-order valence-corrected chi connectivity index (χ1v) is 23.1. The van der Waals surface area contributed by atoms with Gasteiger partial charge in [-0.3, -0.25) is 14.4 Å². The van der Waals surface area contributed by atoms with Crippen molar-refractivity contribution in [2.24, 2.45) is 22.7 Å². The van der Waals surface area contributed by atoms with Crippen molar-refractivity contribution in [3.63, 3.8) is 0 Å². The number of Topliss-reactive ketones (excluding diaryl/α,β-unsaturated/α-hetero) is 1.